The highest BCUT2D eigenvalue weighted by molar-refractivity contribution is 5.92. The number of hydrogen-bond acceptors (Lipinski definition) is 5. The van der Waals surface area contributed by atoms with Crippen molar-refractivity contribution in [3.05, 3.63) is 59.7 Å². The van der Waals surface area contributed by atoms with Crippen molar-refractivity contribution in [2.24, 2.45) is 0 Å². The predicted molar refractivity (Wildman–Crippen MR) is 110 cm³/mol. The van der Waals surface area contributed by atoms with E-state index in [-0.39, 0.29) is 11.9 Å². The van der Waals surface area contributed by atoms with Gasteiger partial charge < -0.3 is 19.1 Å². The lowest BCUT2D eigenvalue weighted by atomic mass is 10.0. The Morgan fingerprint density at radius 1 is 0.931 bits per heavy atom. The summed E-state index contributed by atoms with van der Waals surface area (Å²) in [6.45, 7) is 4.13. The quantitative estimate of drug-likeness (QED) is 0.794. The molecule has 2 saturated heterocycles. The lowest BCUT2D eigenvalue weighted by Gasteiger charge is -2.39. The van der Waals surface area contributed by atoms with E-state index in [0.717, 1.165) is 43.6 Å². The maximum Gasteiger partial charge on any atom is 0.414 e. The molecule has 0 unspecified atom stereocenters. The third-order valence-corrected chi connectivity index (χ3v) is 6.11. The summed E-state index contributed by atoms with van der Waals surface area (Å²) in [4.78, 5) is 16.9. The summed E-state index contributed by atoms with van der Waals surface area (Å²) in [6, 6.07) is 16.0. The van der Waals surface area contributed by atoms with Crippen molar-refractivity contribution in [1.82, 2.24) is 0 Å². The summed E-state index contributed by atoms with van der Waals surface area (Å²) in [5.74, 6) is -0.373. The highest BCUT2D eigenvalue weighted by Gasteiger charge is 2.40. The van der Waals surface area contributed by atoms with E-state index >= 15 is 0 Å². The first-order chi connectivity index (χ1) is 14.2. The molecule has 0 aromatic heterocycles. The van der Waals surface area contributed by atoms with Crippen LogP contribution in [0.25, 0.3) is 0 Å². The number of fused-ring (bicyclic) bond motifs is 1. The minimum atomic E-state index is -0.373. The zero-order valence-corrected chi connectivity index (χ0v) is 16.5. The zero-order chi connectivity index (χ0) is 19.7. The van der Waals surface area contributed by atoms with Gasteiger partial charge in [0.25, 0.3) is 0 Å². The fourth-order valence-corrected chi connectivity index (χ4v) is 4.57. The Hall–Kier alpha value is -2.57. The molecule has 0 aliphatic carbocycles. The fraction of sp³-hybridized carbons (Fsp3) is 0.435. The maximum atomic E-state index is 12.7. The molecule has 5 rings (SSSR count). The standard InChI is InChI=1S/C23H26N2O4/c26-22(27-17-18-5-2-1-3-6-18)25-12-9-19-20(7-4-8-21(19)25)24-13-10-23(11-14-24)28-15-16-29-23/h1-8H,9-17H2. The Kier molecular flexibility index (Phi) is 4.89. The van der Waals surface area contributed by atoms with Crippen molar-refractivity contribution in [2.75, 3.05) is 42.6 Å². The highest BCUT2D eigenvalue weighted by atomic mass is 16.7. The monoisotopic (exact) mass is 394 g/mol. The average molecular weight is 394 g/mol. The van der Waals surface area contributed by atoms with Crippen molar-refractivity contribution >= 4 is 17.5 Å². The molecule has 3 aliphatic heterocycles. The molecular weight excluding hydrogens is 368 g/mol. The lowest BCUT2D eigenvalue weighted by Crippen LogP contribution is -2.45. The second kappa shape index (κ2) is 7.69. The van der Waals surface area contributed by atoms with E-state index < -0.39 is 0 Å². The summed E-state index contributed by atoms with van der Waals surface area (Å²) in [5, 5.41) is 0. The number of carbonyl (C=O) groups excluding carboxylic acids is 1. The Morgan fingerprint density at radius 2 is 1.66 bits per heavy atom. The number of nitrogens with zero attached hydrogens (tertiary/aromatic N) is 2. The van der Waals surface area contributed by atoms with Gasteiger partial charge in [0.2, 0.25) is 0 Å². The normalized spacial score (nSPS) is 20.1. The number of carbonyl (C=O) groups is 1. The number of hydrogen-bond donors (Lipinski definition) is 0. The van der Waals surface area contributed by atoms with Crippen LogP contribution in [-0.2, 0) is 27.2 Å². The molecule has 1 spiro atoms. The molecule has 3 heterocycles. The molecule has 2 fully saturated rings. The molecule has 29 heavy (non-hydrogen) atoms. The number of benzene rings is 2. The van der Waals surface area contributed by atoms with E-state index in [0.29, 0.717) is 26.4 Å². The van der Waals surface area contributed by atoms with Gasteiger partial charge in [0.05, 0.1) is 18.9 Å². The van der Waals surface area contributed by atoms with E-state index in [4.69, 9.17) is 14.2 Å². The van der Waals surface area contributed by atoms with Crippen LogP contribution in [0.3, 0.4) is 0 Å². The van der Waals surface area contributed by atoms with Crippen LogP contribution in [-0.4, -0.2) is 44.7 Å². The lowest BCUT2D eigenvalue weighted by molar-refractivity contribution is -0.169. The van der Waals surface area contributed by atoms with Crippen molar-refractivity contribution in [1.29, 1.82) is 0 Å². The molecule has 0 saturated carbocycles. The van der Waals surface area contributed by atoms with Crippen LogP contribution < -0.4 is 9.80 Å². The van der Waals surface area contributed by atoms with Gasteiger partial charge in [-0.15, -0.1) is 0 Å². The number of rotatable bonds is 3. The Morgan fingerprint density at radius 3 is 2.41 bits per heavy atom. The highest BCUT2D eigenvalue weighted by Crippen LogP contribution is 2.39. The van der Waals surface area contributed by atoms with Crippen molar-refractivity contribution in [3.8, 4) is 0 Å². The first-order valence-electron chi connectivity index (χ1n) is 10.4. The van der Waals surface area contributed by atoms with Gasteiger partial charge in [-0.1, -0.05) is 36.4 Å². The first kappa shape index (κ1) is 18.5. The molecule has 0 N–H and O–H groups in total. The van der Waals surface area contributed by atoms with Gasteiger partial charge in [-0.2, -0.15) is 0 Å². The fourth-order valence-electron chi connectivity index (χ4n) is 4.57. The third-order valence-electron chi connectivity index (χ3n) is 6.11. The average Bonchev–Trinajstić information content (AvgIpc) is 3.41. The molecule has 0 atom stereocenters. The molecule has 3 aliphatic rings. The van der Waals surface area contributed by atoms with Gasteiger partial charge in [-0.05, 0) is 24.1 Å². The SMILES string of the molecule is O=C(OCc1ccccc1)N1CCc2c(N3CCC4(CC3)OCCO4)cccc21. The van der Waals surface area contributed by atoms with Crippen molar-refractivity contribution < 1.29 is 19.0 Å². The minimum absolute atomic E-state index is 0.282. The second-order valence-corrected chi connectivity index (χ2v) is 7.81. The molecule has 6 nitrogen and oxygen atoms in total. The maximum absolute atomic E-state index is 12.7. The summed E-state index contributed by atoms with van der Waals surface area (Å²) in [6.07, 6.45) is 2.31. The van der Waals surface area contributed by atoms with Crippen LogP contribution in [0.4, 0.5) is 16.2 Å². The summed E-state index contributed by atoms with van der Waals surface area (Å²) >= 11 is 0. The molecule has 0 radical (unpaired) electrons. The Balaban J connectivity index is 1.27. The minimum Gasteiger partial charge on any atom is -0.444 e. The van der Waals surface area contributed by atoms with Crippen LogP contribution >= 0.6 is 0 Å². The smallest absolute Gasteiger partial charge is 0.414 e. The van der Waals surface area contributed by atoms with E-state index in [1.807, 2.05) is 42.5 Å². The van der Waals surface area contributed by atoms with Gasteiger partial charge >= 0.3 is 6.09 Å². The van der Waals surface area contributed by atoms with Crippen LogP contribution in [0.15, 0.2) is 48.5 Å². The predicted octanol–water partition coefficient (Wildman–Crippen LogP) is 3.73. The van der Waals surface area contributed by atoms with E-state index in [9.17, 15) is 4.79 Å². The molecule has 2 aromatic rings. The second-order valence-electron chi connectivity index (χ2n) is 7.81. The Labute approximate surface area is 171 Å². The van der Waals surface area contributed by atoms with Gasteiger partial charge in [0.1, 0.15) is 6.61 Å². The zero-order valence-electron chi connectivity index (χ0n) is 16.5. The summed E-state index contributed by atoms with van der Waals surface area (Å²) in [5.41, 5.74) is 4.41. The van der Waals surface area contributed by atoms with Crippen LogP contribution in [0.2, 0.25) is 0 Å². The largest absolute Gasteiger partial charge is 0.444 e. The number of ether oxygens (including phenoxy) is 3. The number of anilines is 2. The van der Waals surface area contributed by atoms with Gasteiger partial charge in [-0.3, -0.25) is 4.90 Å². The van der Waals surface area contributed by atoms with Crippen LogP contribution in [0.1, 0.15) is 24.0 Å². The number of piperidine rings is 1. The Bertz CT molecular complexity index is 870. The third kappa shape index (κ3) is 3.58. The van der Waals surface area contributed by atoms with Gasteiger partial charge in [0, 0.05) is 43.7 Å². The van der Waals surface area contributed by atoms with Crippen LogP contribution in [0.5, 0.6) is 0 Å². The van der Waals surface area contributed by atoms with Crippen molar-refractivity contribution in [3.63, 3.8) is 0 Å². The summed E-state index contributed by atoms with van der Waals surface area (Å²) < 4.78 is 17.3. The molecule has 6 heteroatoms. The molecule has 152 valence electrons. The molecule has 2 aromatic carbocycles. The molecule has 0 bridgehead atoms. The topological polar surface area (TPSA) is 51.2 Å². The van der Waals surface area contributed by atoms with E-state index in [2.05, 4.69) is 11.0 Å². The first-order valence-corrected chi connectivity index (χ1v) is 10.4. The van der Waals surface area contributed by atoms with Gasteiger partial charge in [0.15, 0.2) is 5.79 Å². The van der Waals surface area contributed by atoms with Crippen molar-refractivity contribution in [2.45, 2.75) is 31.7 Å². The van der Waals surface area contributed by atoms with Gasteiger partial charge in [-0.25, -0.2) is 4.79 Å². The molecular formula is C23H26N2O4. The van der Waals surface area contributed by atoms with E-state index in [1.54, 1.807) is 4.90 Å². The number of amides is 1. The summed E-state index contributed by atoms with van der Waals surface area (Å²) in [7, 11) is 0. The molecule has 1 amide bonds. The van der Waals surface area contributed by atoms with Crippen LogP contribution in [0, 0.1) is 0 Å². The van der Waals surface area contributed by atoms with E-state index in [1.165, 1.54) is 11.3 Å².